The smallest absolute Gasteiger partial charge is 0.250 e. The quantitative estimate of drug-likeness (QED) is 0.315. The fourth-order valence-electron chi connectivity index (χ4n) is 3.80. The average Bonchev–Trinajstić information content (AvgIpc) is 3.35. The van der Waals surface area contributed by atoms with Crippen molar-refractivity contribution in [1.82, 2.24) is 14.5 Å². The highest BCUT2D eigenvalue weighted by Gasteiger charge is 2.33. The lowest BCUT2D eigenvalue weighted by atomic mass is 9.91. The van der Waals surface area contributed by atoms with Crippen LogP contribution >= 0.6 is 11.6 Å². The van der Waals surface area contributed by atoms with E-state index < -0.39 is 25.9 Å². The van der Waals surface area contributed by atoms with E-state index >= 15 is 0 Å². The molecule has 1 heterocycles. The zero-order valence-corrected chi connectivity index (χ0v) is 22.6. The Morgan fingerprint density at radius 3 is 2.32 bits per heavy atom. The van der Waals surface area contributed by atoms with Gasteiger partial charge in [-0.1, -0.05) is 54.1 Å². The van der Waals surface area contributed by atoms with Gasteiger partial charge in [0.25, 0.3) is 10.0 Å². The first-order valence-corrected chi connectivity index (χ1v) is 15.0. The molecule has 0 bridgehead atoms. The van der Waals surface area contributed by atoms with Gasteiger partial charge in [-0.25, -0.2) is 40.7 Å². The summed E-state index contributed by atoms with van der Waals surface area (Å²) in [7, 11) is -6.42. The zero-order valence-electron chi connectivity index (χ0n) is 20.3. The van der Waals surface area contributed by atoms with Crippen molar-refractivity contribution in [2.45, 2.75) is 10.8 Å². The van der Waals surface area contributed by atoms with Crippen molar-refractivity contribution in [1.29, 1.82) is 0 Å². The van der Waals surface area contributed by atoms with Gasteiger partial charge in [-0.15, -0.1) is 0 Å². The van der Waals surface area contributed by atoms with Crippen LogP contribution in [0.4, 0.5) is 4.39 Å². The summed E-state index contributed by atoms with van der Waals surface area (Å²) in [6, 6.07) is 20.9. The van der Waals surface area contributed by atoms with Crippen LogP contribution < -0.4 is 9.44 Å². The minimum Gasteiger partial charge on any atom is -0.250 e. The van der Waals surface area contributed by atoms with Crippen molar-refractivity contribution in [3.63, 3.8) is 0 Å². The third kappa shape index (κ3) is 6.76. The lowest BCUT2D eigenvalue weighted by Gasteiger charge is -2.20. The number of nitrogens with one attached hydrogen (secondary N) is 2. The molecule has 0 fully saturated rings. The fraction of sp³-hybridized carbons (Fsp3) is 0.200. The van der Waals surface area contributed by atoms with E-state index in [2.05, 4.69) is 19.5 Å². The Labute approximate surface area is 226 Å². The Bertz CT molecular complexity index is 1550. The molecule has 0 aromatic heterocycles. The molecule has 0 radical (unpaired) electrons. The van der Waals surface area contributed by atoms with Gasteiger partial charge in [0.05, 0.1) is 29.4 Å². The van der Waals surface area contributed by atoms with Gasteiger partial charge in [-0.2, -0.15) is 5.10 Å². The van der Waals surface area contributed by atoms with Crippen molar-refractivity contribution in [3.8, 4) is 0 Å². The molecule has 2 N–H and O–H groups in total. The zero-order chi connectivity index (χ0) is 27.3. The molecule has 13 heteroatoms. The number of nitrogens with zero attached hydrogens (tertiary/aromatic N) is 3. The molecule has 0 saturated carbocycles. The molecule has 3 aromatic rings. The molecule has 0 saturated heterocycles. The average molecular weight is 578 g/mol. The molecule has 1 aliphatic rings. The van der Waals surface area contributed by atoms with Crippen LogP contribution in [0.5, 0.6) is 0 Å². The van der Waals surface area contributed by atoms with Gasteiger partial charge in [-0.05, 0) is 54.6 Å². The summed E-state index contributed by atoms with van der Waals surface area (Å²) in [6.07, 6.45) is 0. The summed E-state index contributed by atoms with van der Waals surface area (Å²) in [6.45, 7) is -0.0208. The van der Waals surface area contributed by atoms with E-state index in [1.54, 1.807) is 12.1 Å². The van der Waals surface area contributed by atoms with Crippen LogP contribution in [0.15, 0.2) is 93.9 Å². The van der Waals surface area contributed by atoms with Crippen molar-refractivity contribution >= 4 is 43.3 Å². The Kier molecular flexibility index (Phi) is 8.46. The molecule has 0 amide bonds. The van der Waals surface area contributed by atoms with Crippen molar-refractivity contribution in [2.24, 2.45) is 10.1 Å². The Morgan fingerprint density at radius 1 is 1.03 bits per heavy atom. The van der Waals surface area contributed by atoms with Crippen LogP contribution in [0, 0.1) is 5.82 Å². The Morgan fingerprint density at radius 2 is 1.68 bits per heavy atom. The number of benzene rings is 3. The van der Waals surface area contributed by atoms with Gasteiger partial charge >= 0.3 is 0 Å². The first kappa shape index (κ1) is 27.7. The molecular weight excluding hydrogens is 553 g/mol. The number of rotatable bonds is 8. The second-order valence-electron chi connectivity index (χ2n) is 8.33. The van der Waals surface area contributed by atoms with Crippen LogP contribution in [0.1, 0.15) is 17.0 Å². The molecule has 3 aromatic carbocycles. The maximum atomic E-state index is 13.6. The Hall–Kier alpha value is -3.32. The predicted molar refractivity (Wildman–Crippen MR) is 146 cm³/mol. The summed E-state index contributed by atoms with van der Waals surface area (Å²) < 4.78 is 68.5. The third-order valence-corrected chi connectivity index (χ3v) is 8.72. The number of hydrogen-bond acceptors (Lipinski definition) is 6. The number of sulfonamides is 2. The largest absolute Gasteiger partial charge is 0.264 e. The molecule has 4 rings (SSSR count). The normalized spacial score (nSPS) is 16.4. The van der Waals surface area contributed by atoms with E-state index in [0.29, 0.717) is 16.3 Å². The van der Waals surface area contributed by atoms with Crippen LogP contribution in [0.25, 0.3) is 0 Å². The standard InChI is InChI=1S/C25H25ClFN5O4S2/c1-28-37(33,34)16-15-29-25(31-38(35,36)22-13-9-20(26)10-14-22)32-17-23(18-5-3-2-4-6-18)24(30-32)19-7-11-21(27)12-8-19/h2-14,23,28H,15-17H2,1H3,(H,29,31)/t23-/m1/s1. The summed E-state index contributed by atoms with van der Waals surface area (Å²) in [5, 5.41) is 6.41. The highest BCUT2D eigenvalue weighted by Crippen LogP contribution is 2.29. The second kappa shape index (κ2) is 11.6. The maximum absolute atomic E-state index is 13.6. The highest BCUT2D eigenvalue weighted by molar-refractivity contribution is 7.90. The lowest BCUT2D eigenvalue weighted by molar-refractivity contribution is 0.461. The molecule has 200 valence electrons. The molecule has 1 atom stereocenters. The minimum absolute atomic E-state index is 0.0565. The highest BCUT2D eigenvalue weighted by atomic mass is 35.5. The number of hydrazone groups is 1. The molecule has 0 spiro atoms. The molecule has 9 nitrogen and oxygen atoms in total. The lowest BCUT2D eigenvalue weighted by Crippen LogP contribution is -2.41. The van der Waals surface area contributed by atoms with Crippen molar-refractivity contribution in [3.05, 3.63) is 101 Å². The SMILES string of the molecule is CNS(=O)(=O)CCN=C(NS(=O)(=O)c1ccc(Cl)cc1)N1C[C@H](c2ccccc2)C(c2ccc(F)cc2)=N1. The first-order valence-electron chi connectivity index (χ1n) is 11.5. The second-order valence-corrected chi connectivity index (χ2v) is 12.5. The number of aliphatic imine (C=N–C) groups is 1. The number of guanidine groups is 1. The van der Waals surface area contributed by atoms with Crippen LogP contribution in [-0.4, -0.2) is 59.4 Å². The van der Waals surface area contributed by atoms with Crippen LogP contribution in [0.3, 0.4) is 0 Å². The topological polar surface area (TPSA) is 120 Å². The minimum atomic E-state index is -4.12. The Balaban J connectivity index is 1.73. The summed E-state index contributed by atoms with van der Waals surface area (Å²) in [5.41, 5.74) is 2.15. The number of hydrogen-bond donors (Lipinski definition) is 2. The van der Waals surface area contributed by atoms with E-state index in [-0.39, 0.29) is 35.6 Å². The molecule has 0 unspecified atom stereocenters. The summed E-state index contributed by atoms with van der Waals surface area (Å²) in [4.78, 5) is 4.22. The first-order chi connectivity index (χ1) is 18.1. The van der Waals surface area contributed by atoms with Gasteiger partial charge in [0.2, 0.25) is 16.0 Å². The van der Waals surface area contributed by atoms with E-state index in [9.17, 15) is 21.2 Å². The van der Waals surface area contributed by atoms with E-state index in [0.717, 1.165) is 5.56 Å². The molecular formula is C25H25ClFN5O4S2. The predicted octanol–water partition coefficient (Wildman–Crippen LogP) is 3.17. The number of halogens is 2. The van der Waals surface area contributed by atoms with Crippen LogP contribution in [-0.2, 0) is 20.0 Å². The third-order valence-electron chi connectivity index (χ3n) is 5.78. The van der Waals surface area contributed by atoms with Gasteiger partial charge in [0, 0.05) is 10.9 Å². The fourth-order valence-corrected chi connectivity index (χ4v) is 5.48. The monoisotopic (exact) mass is 577 g/mol. The summed E-state index contributed by atoms with van der Waals surface area (Å²) in [5.74, 6) is -1.21. The van der Waals surface area contributed by atoms with E-state index in [4.69, 9.17) is 11.6 Å². The maximum Gasteiger partial charge on any atom is 0.264 e. The molecule has 0 aliphatic carbocycles. The van der Waals surface area contributed by atoms with Crippen molar-refractivity contribution < 1.29 is 21.2 Å². The summed E-state index contributed by atoms with van der Waals surface area (Å²) >= 11 is 5.90. The molecule has 38 heavy (non-hydrogen) atoms. The van der Waals surface area contributed by atoms with Crippen LogP contribution in [0.2, 0.25) is 5.02 Å². The van der Waals surface area contributed by atoms with Crippen molar-refractivity contribution in [2.75, 3.05) is 25.9 Å². The van der Waals surface area contributed by atoms with Gasteiger partial charge < -0.3 is 0 Å². The van der Waals surface area contributed by atoms with E-state index in [1.807, 2.05) is 30.3 Å². The van der Waals surface area contributed by atoms with Gasteiger partial charge in [0.15, 0.2) is 0 Å². The van der Waals surface area contributed by atoms with Gasteiger partial charge in [-0.3, -0.25) is 0 Å². The van der Waals surface area contributed by atoms with Gasteiger partial charge in [0.1, 0.15) is 5.82 Å². The molecule has 1 aliphatic heterocycles. The van der Waals surface area contributed by atoms with E-state index in [1.165, 1.54) is 48.5 Å².